The maximum Gasteiger partial charge on any atom is 0.258 e. The van der Waals surface area contributed by atoms with Crippen LogP contribution in [0, 0.1) is 5.92 Å². The number of anilines is 4. The van der Waals surface area contributed by atoms with Gasteiger partial charge in [0.2, 0.25) is 11.8 Å². The van der Waals surface area contributed by atoms with Gasteiger partial charge in [-0.25, -0.2) is 0 Å². The summed E-state index contributed by atoms with van der Waals surface area (Å²) in [6, 6.07) is 23.6. The van der Waals surface area contributed by atoms with Crippen LogP contribution in [0.4, 0.5) is 22.7 Å². The van der Waals surface area contributed by atoms with E-state index in [9.17, 15) is 14.4 Å². The van der Waals surface area contributed by atoms with E-state index in [1.54, 1.807) is 53.4 Å². The Morgan fingerprint density at radius 3 is 2.09 bits per heavy atom. The maximum absolute atomic E-state index is 13.0. The molecular weight excluding hydrogens is 440 g/mol. The summed E-state index contributed by atoms with van der Waals surface area (Å²) < 4.78 is 0. The van der Waals surface area contributed by atoms with Crippen LogP contribution in [0.25, 0.3) is 0 Å². The second-order valence-corrected chi connectivity index (χ2v) is 8.59. The number of carbonyl (C=O) groups is 3. The standard InChI is InChI=1S/C28H32N4O3/c1-4-32(25-11-6-5-7-12-25)28(35)21-9-8-10-24(18-21)31-27(34)19-29-22-13-15-23(16-14-22)30-26(33)17-20(2)3/h5-16,18,20,29H,4,17,19H2,1-3H3,(H,30,33)(H,31,34). The van der Waals surface area contributed by atoms with Crippen LogP contribution in [-0.2, 0) is 9.59 Å². The van der Waals surface area contributed by atoms with E-state index in [1.807, 2.05) is 51.1 Å². The van der Waals surface area contributed by atoms with E-state index >= 15 is 0 Å². The molecule has 0 saturated carbocycles. The van der Waals surface area contributed by atoms with Gasteiger partial charge in [-0.3, -0.25) is 14.4 Å². The first kappa shape index (κ1) is 25.5. The number of para-hydroxylation sites is 1. The SMILES string of the molecule is CCN(C(=O)c1cccc(NC(=O)CNc2ccc(NC(=O)CC(C)C)cc2)c1)c1ccccc1. The van der Waals surface area contributed by atoms with Crippen LogP contribution in [0.2, 0.25) is 0 Å². The Bertz CT molecular complexity index is 1140. The second kappa shape index (κ2) is 12.4. The zero-order valence-corrected chi connectivity index (χ0v) is 20.4. The van der Waals surface area contributed by atoms with Crippen LogP contribution in [0.5, 0.6) is 0 Å². The number of hydrogen-bond donors (Lipinski definition) is 3. The lowest BCUT2D eigenvalue weighted by Crippen LogP contribution is -2.30. The highest BCUT2D eigenvalue weighted by Crippen LogP contribution is 2.19. The third-order valence-electron chi connectivity index (χ3n) is 5.24. The van der Waals surface area contributed by atoms with Gasteiger partial charge in [0.15, 0.2) is 0 Å². The number of hydrogen-bond acceptors (Lipinski definition) is 4. The van der Waals surface area contributed by atoms with Gasteiger partial charge in [0, 0.05) is 41.3 Å². The third kappa shape index (κ3) is 7.71. The van der Waals surface area contributed by atoms with Gasteiger partial charge in [-0.15, -0.1) is 0 Å². The van der Waals surface area contributed by atoms with Crippen molar-refractivity contribution in [3.05, 3.63) is 84.4 Å². The van der Waals surface area contributed by atoms with Gasteiger partial charge < -0.3 is 20.9 Å². The van der Waals surface area contributed by atoms with Gasteiger partial charge in [0.05, 0.1) is 6.54 Å². The van der Waals surface area contributed by atoms with Gasteiger partial charge in [-0.05, 0) is 67.4 Å². The van der Waals surface area contributed by atoms with E-state index in [0.29, 0.717) is 35.8 Å². The normalized spacial score (nSPS) is 10.5. The topological polar surface area (TPSA) is 90.5 Å². The van der Waals surface area contributed by atoms with Crippen LogP contribution in [-0.4, -0.2) is 30.8 Å². The van der Waals surface area contributed by atoms with Gasteiger partial charge in [-0.2, -0.15) is 0 Å². The highest BCUT2D eigenvalue weighted by atomic mass is 16.2. The van der Waals surface area contributed by atoms with E-state index in [-0.39, 0.29) is 24.3 Å². The van der Waals surface area contributed by atoms with E-state index < -0.39 is 0 Å². The van der Waals surface area contributed by atoms with Crippen molar-refractivity contribution >= 4 is 40.5 Å². The Labute approximate surface area is 206 Å². The first-order valence-corrected chi connectivity index (χ1v) is 11.8. The molecule has 3 N–H and O–H groups in total. The van der Waals surface area contributed by atoms with Crippen LogP contribution < -0.4 is 20.9 Å². The molecule has 0 bridgehead atoms. The van der Waals surface area contributed by atoms with Crippen LogP contribution in [0.1, 0.15) is 37.6 Å². The number of nitrogens with one attached hydrogen (secondary N) is 3. The number of amides is 3. The zero-order valence-electron chi connectivity index (χ0n) is 20.4. The molecule has 0 aliphatic carbocycles. The Morgan fingerprint density at radius 2 is 1.43 bits per heavy atom. The average Bonchev–Trinajstić information content (AvgIpc) is 2.84. The van der Waals surface area contributed by atoms with Crippen molar-refractivity contribution in [1.29, 1.82) is 0 Å². The number of rotatable bonds is 10. The van der Waals surface area contributed by atoms with Crippen molar-refractivity contribution in [2.75, 3.05) is 33.9 Å². The van der Waals surface area contributed by atoms with Gasteiger partial charge in [-0.1, -0.05) is 38.1 Å². The lowest BCUT2D eigenvalue weighted by molar-refractivity contribution is -0.117. The van der Waals surface area contributed by atoms with Crippen molar-refractivity contribution in [1.82, 2.24) is 0 Å². The molecule has 0 fully saturated rings. The van der Waals surface area contributed by atoms with Crippen LogP contribution in [0.15, 0.2) is 78.9 Å². The summed E-state index contributed by atoms with van der Waals surface area (Å²) in [5.41, 5.74) is 3.34. The van der Waals surface area contributed by atoms with Gasteiger partial charge in [0.1, 0.15) is 0 Å². The summed E-state index contributed by atoms with van der Waals surface area (Å²) in [6.45, 7) is 6.51. The summed E-state index contributed by atoms with van der Waals surface area (Å²) in [4.78, 5) is 39.1. The van der Waals surface area contributed by atoms with Crippen molar-refractivity contribution in [3.63, 3.8) is 0 Å². The predicted octanol–water partition coefficient (Wildman–Crippen LogP) is 5.39. The largest absolute Gasteiger partial charge is 0.376 e. The molecule has 35 heavy (non-hydrogen) atoms. The van der Waals surface area contributed by atoms with E-state index in [0.717, 1.165) is 11.4 Å². The lowest BCUT2D eigenvalue weighted by atomic mass is 10.1. The molecule has 3 aromatic rings. The minimum atomic E-state index is -0.237. The van der Waals surface area contributed by atoms with Crippen molar-refractivity contribution in [2.24, 2.45) is 5.92 Å². The smallest absolute Gasteiger partial charge is 0.258 e. The van der Waals surface area contributed by atoms with E-state index in [1.165, 1.54) is 0 Å². The van der Waals surface area contributed by atoms with Crippen molar-refractivity contribution < 1.29 is 14.4 Å². The molecular formula is C28H32N4O3. The molecule has 0 unspecified atom stereocenters. The predicted molar refractivity (Wildman–Crippen MR) is 142 cm³/mol. The molecule has 182 valence electrons. The molecule has 0 spiro atoms. The Kier molecular flexibility index (Phi) is 9.01. The first-order valence-electron chi connectivity index (χ1n) is 11.8. The fourth-order valence-corrected chi connectivity index (χ4v) is 3.58. The summed E-state index contributed by atoms with van der Waals surface area (Å²) in [5.74, 6) is -0.0952. The Balaban J connectivity index is 1.55. The third-order valence-corrected chi connectivity index (χ3v) is 5.24. The molecule has 0 radical (unpaired) electrons. The van der Waals surface area contributed by atoms with Crippen LogP contribution >= 0.6 is 0 Å². The summed E-state index contributed by atoms with van der Waals surface area (Å²) in [6.07, 6.45) is 0.468. The highest BCUT2D eigenvalue weighted by Gasteiger charge is 2.16. The summed E-state index contributed by atoms with van der Waals surface area (Å²) in [5, 5.41) is 8.75. The molecule has 3 aromatic carbocycles. The number of carbonyl (C=O) groups excluding carboxylic acids is 3. The molecule has 0 atom stereocenters. The molecule has 7 heteroatoms. The summed E-state index contributed by atoms with van der Waals surface area (Å²) >= 11 is 0. The molecule has 0 aliphatic heterocycles. The fourth-order valence-electron chi connectivity index (χ4n) is 3.58. The van der Waals surface area contributed by atoms with E-state index in [4.69, 9.17) is 0 Å². The molecule has 0 aromatic heterocycles. The van der Waals surface area contributed by atoms with Crippen molar-refractivity contribution in [3.8, 4) is 0 Å². The highest BCUT2D eigenvalue weighted by molar-refractivity contribution is 6.07. The van der Waals surface area contributed by atoms with Crippen LogP contribution in [0.3, 0.4) is 0 Å². The summed E-state index contributed by atoms with van der Waals surface area (Å²) in [7, 11) is 0. The lowest BCUT2D eigenvalue weighted by Gasteiger charge is -2.21. The fraction of sp³-hybridized carbons (Fsp3) is 0.250. The maximum atomic E-state index is 13.0. The Morgan fingerprint density at radius 1 is 0.771 bits per heavy atom. The van der Waals surface area contributed by atoms with E-state index in [2.05, 4.69) is 16.0 Å². The quantitative estimate of drug-likeness (QED) is 0.369. The molecule has 0 aliphatic rings. The number of benzene rings is 3. The molecule has 3 rings (SSSR count). The molecule has 3 amide bonds. The molecule has 7 nitrogen and oxygen atoms in total. The first-order chi connectivity index (χ1) is 16.9. The van der Waals surface area contributed by atoms with Gasteiger partial charge in [0.25, 0.3) is 5.91 Å². The Hall–Kier alpha value is -4.13. The monoisotopic (exact) mass is 472 g/mol. The van der Waals surface area contributed by atoms with Gasteiger partial charge >= 0.3 is 0 Å². The molecule has 0 heterocycles. The minimum absolute atomic E-state index is 0.0216. The second-order valence-electron chi connectivity index (χ2n) is 8.59. The minimum Gasteiger partial charge on any atom is -0.376 e. The number of nitrogens with zero attached hydrogens (tertiary/aromatic N) is 1. The zero-order chi connectivity index (χ0) is 25.2. The molecule has 0 saturated heterocycles. The van der Waals surface area contributed by atoms with Crippen molar-refractivity contribution in [2.45, 2.75) is 27.2 Å². The average molecular weight is 473 g/mol.